The van der Waals surface area contributed by atoms with Gasteiger partial charge in [-0.25, -0.2) is 14.4 Å². The highest BCUT2D eigenvalue weighted by atomic mass is 32.2. The van der Waals surface area contributed by atoms with Crippen LogP contribution in [0.4, 0.5) is 4.39 Å². The third kappa shape index (κ3) is 4.62. The third-order valence-electron chi connectivity index (χ3n) is 12.1. The number of rotatable bonds is 5. The lowest BCUT2D eigenvalue weighted by Crippen LogP contribution is -2.76. The molecule has 12 rings (SSSR count). The average Bonchev–Trinajstić information content (AvgIpc) is 3.93. The van der Waals surface area contributed by atoms with Crippen LogP contribution in [0.5, 0.6) is 0 Å². The molecule has 1 aliphatic rings. The number of nitrogens with zero attached hydrogens (tertiary/aromatic N) is 4. The molecule has 0 bridgehead atoms. The van der Waals surface area contributed by atoms with Crippen LogP contribution >= 0.6 is 11.8 Å². The summed E-state index contributed by atoms with van der Waals surface area (Å²) in [6.45, 7) is 0. The van der Waals surface area contributed by atoms with Gasteiger partial charge in [0, 0.05) is 55.5 Å². The normalized spacial score (nSPS) is 13.9. The zero-order valence-electron chi connectivity index (χ0n) is 31.1. The minimum absolute atomic E-state index is 0.598. The van der Waals surface area contributed by atoms with Crippen molar-refractivity contribution in [2.45, 2.75) is 16.0 Å². The summed E-state index contributed by atoms with van der Waals surface area (Å²) in [5.41, 5.74) is 5.14. The molecule has 0 spiro atoms. The molecule has 1 aliphatic heterocycles. The first-order valence-corrected chi connectivity index (χ1v) is 22.4. The standard InChI is InChI=1S/C51H33FN4SSi/c52-48(33-26-27-36-37-19-7-9-21-41(37)55-30-29-54-51(55)39(36)31-33)40-32-43-47(38-20-8-10-22-42(38)56(43)46-25-13-14-28-53-46)50-49(40)57-44-23-11-12-24-45(44)58(50,34-15-3-1-4-16-34)35-17-5-2-6-18-35/h1-32,48H. The van der Waals surface area contributed by atoms with E-state index in [0.29, 0.717) is 11.1 Å². The van der Waals surface area contributed by atoms with Crippen molar-refractivity contribution in [2.75, 3.05) is 0 Å². The second-order valence-corrected chi connectivity index (χ2v) is 19.7. The van der Waals surface area contributed by atoms with Gasteiger partial charge < -0.3 is 0 Å². The van der Waals surface area contributed by atoms with Gasteiger partial charge in [0.2, 0.25) is 0 Å². The maximum atomic E-state index is 18.5. The number of para-hydroxylation sites is 2. The van der Waals surface area contributed by atoms with E-state index in [4.69, 9.17) is 9.97 Å². The van der Waals surface area contributed by atoms with E-state index in [9.17, 15) is 0 Å². The van der Waals surface area contributed by atoms with Gasteiger partial charge in [0.25, 0.3) is 0 Å². The largest absolute Gasteiger partial charge is 0.299 e. The number of benzene rings is 7. The highest BCUT2D eigenvalue weighted by molar-refractivity contribution is 8.00. The third-order valence-corrected chi connectivity index (χ3v) is 18.5. The highest BCUT2D eigenvalue weighted by Crippen LogP contribution is 2.46. The van der Waals surface area contributed by atoms with Gasteiger partial charge >= 0.3 is 0 Å². The first-order valence-electron chi connectivity index (χ1n) is 19.5. The summed E-state index contributed by atoms with van der Waals surface area (Å²) in [5.74, 6) is 0.796. The summed E-state index contributed by atoms with van der Waals surface area (Å²) >= 11 is 1.72. The zero-order chi connectivity index (χ0) is 38.4. The molecule has 58 heavy (non-hydrogen) atoms. The number of pyridine rings is 2. The SMILES string of the molecule is FC(c1ccc2c3ccccc3n3ccnc3c2c1)c1cc2c(c3c1Sc1ccccc1[Si]3(c1ccccc1)c1ccccc1)c1ccccc1n2-c1ccccn1. The number of hydrogen-bond acceptors (Lipinski definition) is 3. The molecule has 1 unspecified atom stereocenters. The van der Waals surface area contributed by atoms with Gasteiger partial charge in [-0.3, -0.25) is 8.97 Å². The van der Waals surface area contributed by atoms with Crippen molar-refractivity contribution in [1.82, 2.24) is 18.9 Å². The van der Waals surface area contributed by atoms with E-state index in [-0.39, 0.29) is 0 Å². The molecule has 274 valence electrons. The predicted octanol–water partition coefficient (Wildman–Crippen LogP) is 10.0. The minimum atomic E-state index is -3.16. The molecular weight excluding hydrogens is 748 g/mol. The smallest absolute Gasteiger partial charge is 0.182 e. The van der Waals surface area contributed by atoms with Crippen molar-refractivity contribution in [1.29, 1.82) is 0 Å². The monoisotopic (exact) mass is 780 g/mol. The summed E-state index contributed by atoms with van der Waals surface area (Å²) in [4.78, 5) is 11.9. The fraction of sp³-hybridized carbons (Fsp3) is 0.0196. The molecular formula is C51H33FN4SSi. The van der Waals surface area contributed by atoms with E-state index in [1.54, 1.807) is 11.8 Å². The second-order valence-electron chi connectivity index (χ2n) is 15.0. The fourth-order valence-electron chi connectivity index (χ4n) is 9.70. The Bertz CT molecular complexity index is 3360. The van der Waals surface area contributed by atoms with Crippen LogP contribution in [0.25, 0.3) is 54.9 Å². The van der Waals surface area contributed by atoms with Crippen LogP contribution in [0.1, 0.15) is 17.3 Å². The average molecular weight is 781 g/mol. The van der Waals surface area contributed by atoms with Crippen molar-refractivity contribution in [3.8, 4) is 5.82 Å². The van der Waals surface area contributed by atoms with Crippen molar-refractivity contribution in [2.24, 2.45) is 0 Å². The Hall–Kier alpha value is -6.80. The topological polar surface area (TPSA) is 35.1 Å². The maximum absolute atomic E-state index is 18.5. The lowest BCUT2D eigenvalue weighted by molar-refractivity contribution is 0.398. The van der Waals surface area contributed by atoms with E-state index in [2.05, 4.69) is 148 Å². The maximum Gasteiger partial charge on any atom is 0.182 e. The van der Waals surface area contributed by atoms with E-state index in [1.807, 2.05) is 55.0 Å². The van der Waals surface area contributed by atoms with Gasteiger partial charge in [0.05, 0.1) is 16.6 Å². The molecule has 5 heterocycles. The highest BCUT2D eigenvalue weighted by Gasteiger charge is 2.49. The molecule has 0 radical (unpaired) electrons. The number of imidazole rings is 1. The molecule has 0 N–H and O–H groups in total. The quantitative estimate of drug-likeness (QED) is 0.129. The lowest BCUT2D eigenvalue weighted by atomic mass is 9.97. The number of fused-ring (bicyclic) bond motifs is 12. The Labute approximate surface area is 338 Å². The molecule has 7 aromatic carbocycles. The summed E-state index contributed by atoms with van der Waals surface area (Å²) < 4.78 is 22.9. The molecule has 0 saturated carbocycles. The van der Waals surface area contributed by atoms with Crippen molar-refractivity contribution < 1.29 is 4.39 Å². The van der Waals surface area contributed by atoms with Crippen LogP contribution < -0.4 is 20.7 Å². The minimum Gasteiger partial charge on any atom is -0.299 e. The van der Waals surface area contributed by atoms with Crippen LogP contribution in [-0.2, 0) is 0 Å². The van der Waals surface area contributed by atoms with Crippen LogP contribution in [0, 0.1) is 0 Å². The van der Waals surface area contributed by atoms with Gasteiger partial charge in [-0.1, -0.05) is 145 Å². The molecule has 0 fully saturated rings. The first kappa shape index (κ1) is 33.3. The van der Waals surface area contributed by atoms with Crippen LogP contribution in [0.3, 0.4) is 0 Å². The Kier molecular flexibility index (Phi) is 7.39. The van der Waals surface area contributed by atoms with Crippen LogP contribution in [0.15, 0.2) is 204 Å². The van der Waals surface area contributed by atoms with Gasteiger partial charge in [-0.05, 0) is 74.2 Å². The van der Waals surface area contributed by atoms with Crippen molar-refractivity contribution in [3.05, 3.63) is 206 Å². The zero-order valence-corrected chi connectivity index (χ0v) is 32.9. The Morgan fingerprint density at radius 1 is 0.552 bits per heavy atom. The number of aromatic nitrogens is 4. The number of alkyl halides is 1. The van der Waals surface area contributed by atoms with E-state index in [0.717, 1.165) is 59.8 Å². The van der Waals surface area contributed by atoms with Crippen LogP contribution in [0.2, 0.25) is 0 Å². The molecule has 0 saturated heterocycles. The van der Waals surface area contributed by atoms with Gasteiger partial charge in [-0.2, -0.15) is 0 Å². The predicted molar refractivity (Wildman–Crippen MR) is 239 cm³/mol. The molecule has 4 nitrogen and oxygen atoms in total. The molecule has 4 aromatic heterocycles. The summed E-state index contributed by atoms with van der Waals surface area (Å²) in [6.07, 6.45) is 4.20. The number of halogens is 1. The Balaban J connectivity index is 1.25. The molecule has 7 heteroatoms. The van der Waals surface area contributed by atoms with E-state index >= 15 is 4.39 Å². The molecule has 0 aliphatic carbocycles. The molecule has 1 atom stereocenters. The Morgan fingerprint density at radius 2 is 1.24 bits per heavy atom. The lowest BCUT2D eigenvalue weighted by Gasteiger charge is -2.41. The van der Waals surface area contributed by atoms with Crippen molar-refractivity contribution >= 4 is 89.7 Å². The summed E-state index contributed by atoms with van der Waals surface area (Å²) in [7, 11) is -3.16. The molecule has 11 aromatic rings. The first-order chi connectivity index (χ1) is 28.7. The number of hydrogen-bond donors (Lipinski definition) is 0. The van der Waals surface area contributed by atoms with E-state index in [1.165, 1.54) is 25.6 Å². The van der Waals surface area contributed by atoms with Crippen LogP contribution in [-0.4, -0.2) is 27.0 Å². The summed E-state index contributed by atoms with van der Waals surface area (Å²) in [6, 6.07) is 62.0. The van der Waals surface area contributed by atoms with Gasteiger partial charge in [-0.15, -0.1) is 0 Å². The van der Waals surface area contributed by atoms with Gasteiger partial charge in [0.1, 0.15) is 11.5 Å². The summed E-state index contributed by atoms with van der Waals surface area (Å²) in [5, 5.41) is 10.4. The molecule has 0 amide bonds. The van der Waals surface area contributed by atoms with E-state index < -0.39 is 14.2 Å². The van der Waals surface area contributed by atoms with Crippen molar-refractivity contribution in [3.63, 3.8) is 0 Å². The second kappa shape index (κ2) is 12.9. The van der Waals surface area contributed by atoms with Gasteiger partial charge in [0.15, 0.2) is 14.2 Å². The fourth-order valence-corrected chi connectivity index (χ4v) is 17.1. The Morgan fingerprint density at radius 3 is 2.02 bits per heavy atom.